The molecule has 0 aromatic heterocycles. The van der Waals surface area contributed by atoms with Gasteiger partial charge in [-0.3, -0.25) is 9.59 Å². The summed E-state index contributed by atoms with van der Waals surface area (Å²) in [6, 6.07) is 5.97. The van der Waals surface area contributed by atoms with Gasteiger partial charge in [0.05, 0.1) is 12.4 Å². The number of carbonyl (C=O) groups is 2. The third kappa shape index (κ3) is 9.09. The summed E-state index contributed by atoms with van der Waals surface area (Å²) in [5, 5.41) is 5.15. The molecule has 7 nitrogen and oxygen atoms in total. The molecule has 2 amide bonds. The fourth-order valence-corrected chi connectivity index (χ4v) is 2.71. The van der Waals surface area contributed by atoms with Crippen LogP contribution in [0.5, 0.6) is 5.75 Å². The molecular formula is C17H26N2O5S. The molecule has 1 rings (SSSR count). The lowest BCUT2D eigenvalue weighted by Crippen LogP contribution is -2.43. The fraction of sp³-hybridized carbons (Fsp3) is 0.529. The van der Waals surface area contributed by atoms with Gasteiger partial charge in [-0.05, 0) is 37.1 Å². The van der Waals surface area contributed by atoms with E-state index in [2.05, 4.69) is 17.6 Å². The standard InChI is InChI=1S/C17H26N2O5S/c1-4-5-11-24-15-8-6-14(7-9-15)19-17(21)16(18-13(2)20)10-12-25(3,22)23/h6-9,16H,4-5,10-12H2,1-3H3,(H,18,20)(H,19,21). The van der Waals surface area contributed by atoms with Gasteiger partial charge in [-0.25, -0.2) is 8.42 Å². The number of anilines is 1. The highest BCUT2D eigenvalue weighted by Gasteiger charge is 2.21. The van der Waals surface area contributed by atoms with E-state index < -0.39 is 27.7 Å². The predicted molar refractivity (Wildman–Crippen MR) is 97.4 cm³/mol. The van der Waals surface area contributed by atoms with Gasteiger partial charge in [0.2, 0.25) is 11.8 Å². The van der Waals surface area contributed by atoms with Gasteiger partial charge in [0, 0.05) is 18.9 Å². The van der Waals surface area contributed by atoms with E-state index in [0.29, 0.717) is 18.0 Å². The number of benzene rings is 1. The lowest BCUT2D eigenvalue weighted by atomic mass is 10.2. The van der Waals surface area contributed by atoms with E-state index in [-0.39, 0.29) is 12.2 Å². The number of nitrogens with one attached hydrogen (secondary N) is 2. The van der Waals surface area contributed by atoms with Crippen LogP contribution in [0.25, 0.3) is 0 Å². The Kier molecular flexibility index (Phi) is 8.40. The summed E-state index contributed by atoms with van der Waals surface area (Å²) < 4.78 is 28.1. The molecule has 0 spiro atoms. The van der Waals surface area contributed by atoms with Crippen molar-refractivity contribution in [3.05, 3.63) is 24.3 Å². The third-order valence-corrected chi connectivity index (χ3v) is 4.34. The normalized spacial score (nSPS) is 12.3. The van der Waals surface area contributed by atoms with Crippen molar-refractivity contribution < 1.29 is 22.7 Å². The second-order valence-electron chi connectivity index (χ2n) is 5.89. The highest BCUT2D eigenvalue weighted by molar-refractivity contribution is 7.90. The minimum absolute atomic E-state index is 0.0163. The largest absolute Gasteiger partial charge is 0.494 e. The molecule has 0 fully saturated rings. The molecule has 0 saturated carbocycles. The maximum atomic E-state index is 12.3. The number of ether oxygens (including phenoxy) is 1. The Labute approximate surface area is 149 Å². The molecule has 1 aromatic carbocycles. The maximum absolute atomic E-state index is 12.3. The van der Waals surface area contributed by atoms with Crippen LogP contribution in [0.1, 0.15) is 33.1 Å². The summed E-state index contributed by atoms with van der Waals surface area (Å²) >= 11 is 0. The minimum atomic E-state index is -3.23. The topological polar surface area (TPSA) is 102 Å². The molecule has 0 heterocycles. The summed E-state index contributed by atoms with van der Waals surface area (Å²) in [5.74, 6) is -0.330. The predicted octanol–water partition coefficient (Wildman–Crippen LogP) is 1.74. The van der Waals surface area contributed by atoms with Gasteiger partial charge in [-0.1, -0.05) is 13.3 Å². The highest BCUT2D eigenvalue weighted by atomic mass is 32.2. The quantitative estimate of drug-likeness (QED) is 0.611. The minimum Gasteiger partial charge on any atom is -0.494 e. The SMILES string of the molecule is CCCCOc1ccc(NC(=O)C(CCS(C)(=O)=O)NC(C)=O)cc1. The Morgan fingerprint density at radius 1 is 1.20 bits per heavy atom. The fourth-order valence-electron chi connectivity index (χ4n) is 2.04. The van der Waals surface area contributed by atoms with Gasteiger partial charge in [0.25, 0.3) is 0 Å². The van der Waals surface area contributed by atoms with E-state index in [1.165, 1.54) is 6.92 Å². The van der Waals surface area contributed by atoms with Crippen LogP contribution in [-0.4, -0.2) is 44.9 Å². The second-order valence-corrected chi connectivity index (χ2v) is 8.15. The number of unbranched alkanes of at least 4 members (excludes halogenated alkanes) is 1. The molecule has 140 valence electrons. The zero-order valence-corrected chi connectivity index (χ0v) is 15.7. The number of hydrogen-bond acceptors (Lipinski definition) is 5. The number of carbonyl (C=O) groups excluding carboxylic acids is 2. The smallest absolute Gasteiger partial charge is 0.246 e. The lowest BCUT2D eigenvalue weighted by Gasteiger charge is -2.17. The highest BCUT2D eigenvalue weighted by Crippen LogP contribution is 2.16. The molecule has 1 aromatic rings. The van der Waals surface area contributed by atoms with Crippen LogP contribution in [-0.2, 0) is 19.4 Å². The van der Waals surface area contributed by atoms with E-state index in [1.54, 1.807) is 24.3 Å². The Morgan fingerprint density at radius 3 is 2.36 bits per heavy atom. The molecule has 0 aliphatic rings. The van der Waals surface area contributed by atoms with Crippen LogP contribution in [0, 0.1) is 0 Å². The van der Waals surface area contributed by atoms with Crippen LogP contribution in [0.2, 0.25) is 0 Å². The Balaban J connectivity index is 2.66. The molecule has 8 heteroatoms. The van der Waals surface area contributed by atoms with Crippen LogP contribution in [0.3, 0.4) is 0 Å². The summed E-state index contributed by atoms with van der Waals surface area (Å²) in [4.78, 5) is 23.6. The first-order chi connectivity index (χ1) is 11.7. The Morgan fingerprint density at radius 2 is 1.84 bits per heavy atom. The van der Waals surface area contributed by atoms with Crippen LogP contribution in [0.15, 0.2) is 24.3 Å². The van der Waals surface area contributed by atoms with Gasteiger partial charge in [0.15, 0.2) is 0 Å². The molecule has 0 saturated heterocycles. The molecule has 0 radical (unpaired) electrons. The number of rotatable bonds is 10. The molecule has 2 N–H and O–H groups in total. The molecule has 25 heavy (non-hydrogen) atoms. The molecular weight excluding hydrogens is 344 g/mol. The van der Waals surface area contributed by atoms with E-state index in [9.17, 15) is 18.0 Å². The van der Waals surface area contributed by atoms with Crippen molar-refractivity contribution in [2.75, 3.05) is 23.9 Å². The summed E-state index contributed by atoms with van der Waals surface area (Å²) in [6.07, 6.45) is 3.12. The average Bonchev–Trinajstić information content (AvgIpc) is 2.52. The van der Waals surface area contributed by atoms with Gasteiger partial charge < -0.3 is 15.4 Å². The average molecular weight is 370 g/mol. The van der Waals surface area contributed by atoms with E-state index in [0.717, 1.165) is 19.1 Å². The van der Waals surface area contributed by atoms with E-state index >= 15 is 0 Å². The Hall–Kier alpha value is -2.09. The lowest BCUT2D eigenvalue weighted by molar-refractivity contribution is -0.125. The van der Waals surface area contributed by atoms with Crippen molar-refractivity contribution in [1.29, 1.82) is 0 Å². The van der Waals surface area contributed by atoms with Crippen molar-refractivity contribution >= 4 is 27.3 Å². The first-order valence-corrected chi connectivity index (χ1v) is 10.3. The van der Waals surface area contributed by atoms with Crippen LogP contribution >= 0.6 is 0 Å². The van der Waals surface area contributed by atoms with Gasteiger partial charge in [0.1, 0.15) is 21.6 Å². The maximum Gasteiger partial charge on any atom is 0.246 e. The number of sulfone groups is 1. The third-order valence-electron chi connectivity index (χ3n) is 3.36. The van der Waals surface area contributed by atoms with Gasteiger partial charge >= 0.3 is 0 Å². The molecule has 0 aliphatic carbocycles. The van der Waals surface area contributed by atoms with E-state index in [4.69, 9.17) is 4.74 Å². The first-order valence-electron chi connectivity index (χ1n) is 8.20. The zero-order chi connectivity index (χ0) is 18.9. The van der Waals surface area contributed by atoms with Gasteiger partial charge in [-0.15, -0.1) is 0 Å². The molecule has 0 aliphatic heterocycles. The van der Waals surface area contributed by atoms with Gasteiger partial charge in [-0.2, -0.15) is 0 Å². The first kappa shape index (κ1) is 21.0. The number of amides is 2. The van der Waals surface area contributed by atoms with Crippen molar-refractivity contribution in [1.82, 2.24) is 5.32 Å². The molecule has 0 bridgehead atoms. The molecule has 1 unspecified atom stereocenters. The van der Waals surface area contributed by atoms with Crippen LogP contribution < -0.4 is 15.4 Å². The second kappa shape index (κ2) is 10.0. The zero-order valence-electron chi connectivity index (χ0n) is 14.9. The van der Waals surface area contributed by atoms with Crippen molar-refractivity contribution in [2.24, 2.45) is 0 Å². The number of hydrogen-bond donors (Lipinski definition) is 2. The van der Waals surface area contributed by atoms with E-state index in [1.807, 2.05) is 0 Å². The summed E-state index contributed by atoms with van der Waals surface area (Å²) in [6.45, 7) is 4.00. The summed E-state index contributed by atoms with van der Waals surface area (Å²) in [5.41, 5.74) is 0.544. The Bertz CT molecular complexity index is 671. The summed E-state index contributed by atoms with van der Waals surface area (Å²) in [7, 11) is -3.23. The van der Waals surface area contributed by atoms with Crippen molar-refractivity contribution in [3.8, 4) is 5.75 Å². The van der Waals surface area contributed by atoms with Crippen molar-refractivity contribution in [2.45, 2.75) is 39.2 Å². The van der Waals surface area contributed by atoms with Crippen molar-refractivity contribution in [3.63, 3.8) is 0 Å². The molecule has 1 atom stereocenters. The monoisotopic (exact) mass is 370 g/mol. The van der Waals surface area contributed by atoms with Crippen LogP contribution in [0.4, 0.5) is 5.69 Å².